The van der Waals surface area contributed by atoms with Crippen molar-refractivity contribution in [2.75, 3.05) is 16.8 Å². The van der Waals surface area contributed by atoms with Crippen LogP contribution >= 0.6 is 23.2 Å². The fraction of sp³-hybridized carbons (Fsp3) is 0.176. The van der Waals surface area contributed by atoms with E-state index in [1.807, 2.05) is 0 Å². The third-order valence-corrected chi connectivity index (χ3v) is 4.25. The van der Waals surface area contributed by atoms with Gasteiger partial charge in [-0.3, -0.25) is 9.59 Å². The Morgan fingerprint density at radius 2 is 1.83 bits per heavy atom. The van der Waals surface area contributed by atoms with Crippen LogP contribution in [0.2, 0.25) is 10.0 Å². The first kappa shape index (κ1) is 15.8. The van der Waals surface area contributed by atoms with E-state index in [2.05, 4.69) is 5.32 Å². The lowest BCUT2D eigenvalue weighted by molar-refractivity contribution is -0.117. The summed E-state index contributed by atoms with van der Waals surface area (Å²) in [6.45, 7) is 0.626. The predicted molar refractivity (Wildman–Crippen MR) is 92.4 cm³/mol. The molecule has 1 aliphatic rings. The Bertz CT molecular complexity index is 760. The smallest absolute Gasteiger partial charge is 0.255 e. The van der Waals surface area contributed by atoms with Crippen LogP contribution in [0.5, 0.6) is 0 Å². The molecule has 1 heterocycles. The van der Waals surface area contributed by atoms with Crippen LogP contribution in [0, 0.1) is 0 Å². The van der Waals surface area contributed by atoms with Gasteiger partial charge in [0.1, 0.15) is 0 Å². The summed E-state index contributed by atoms with van der Waals surface area (Å²) in [6, 6.07) is 11.8. The number of hydrogen-bond acceptors (Lipinski definition) is 2. The first-order valence-electron chi connectivity index (χ1n) is 7.21. The fourth-order valence-corrected chi connectivity index (χ4v) is 2.85. The second kappa shape index (κ2) is 6.60. The highest BCUT2D eigenvalue weighted by Crippen LogP contribution is 2.30. The fourth-order valence-electron chi connectivity index (χ4n) is 2.50. The summed E-state index contributed by atoms with van der Waals surface area (Å²) in [7, 11) is 0. The van der Waals surface area contributed by atoms with Crippen molar-refractivity contribution in [3.8, 4) is 0 Å². The van der Waals surface area contributed by atoms with Crippen molar-refractivity contribution < 1.29 is 9.59 Å². The van der Waals surface area contributed by atoms with Crippen molar-refractivity contribution in [3.63, 3.8) is 0 Å². The number of nitrogens with one attached hydrogen (secondary N) is 1. The monoisotopic (exact) mass is 348 g/mol. The minimum atomic E-state index is -0.267. The number of anilines is 2. The zero-order valence-corrected chi connectivity index (χ0v) is 13.7. The molecule has 0 aromatic heterocycles. The van der Waals surface area contributed by atoms with Gasteiger partial charge in [-0.1, -0.05) is 23.2 Å². The topological polar surface area (TPSA) is 49.4 Å². The average molecular weight is 349 g/mol. The SMILES string of the molecule is O=C(Nc1ccc(Cl)cc1)c1ccc(Cl)c(N2CCCC2=O)c1. The van der Waals surface area contributed by atoms with Crippen molar-refractivity contribution in [1.29, 1.82) is 0 Å². The summed E-state index contributed by atoms with van der Waals surface area (Å²) in [5, 5.41) is 3.85. The van der Waals surface area contributed by atoms with Crippen LogP contribution in [0.15, 0.2) is 42.5 Å². The molecule has 0 aliphatic carbocycles. The van der Waals surface area contributed by atoms with Gasteiger partial charge < -0.3 is 10.2 Å². The first-order chi connectivity index (χ1) is 11.0. The molecule has 0 atom stereocenters. The molecule has 6 heteroatoms. The molecule has 23 heavy (non-hydrogen) atoms. The molecular weight excluding hydrogens is 335 g/mol. The molecule has 0 saturated carbocycles. The molecular formula is C17H14Cl2N2O2. The third kappa shape index (κ3) is 3.49. The molecule has 1 saturated heterocycles. The summed E-state index contributed by atoms with van der Waals surface area (Å²) in [4.78, 5) is 25.9. The first-order valence-corrected chi connectivity index (χ1v) is 7.97. The molecule has 2 amide bonds. The maximum atomic E-state index is 12.4. The van der Waals surface area contributed by atoms with Crippen LogP contribution in [0.1, 0.15) is 23.2 Å². The normalized spacial score (nSPS) is 14.2. The standard InChI is InChI=1S/C17H14Cl2N2O2/c18-12-4-6-13(7-5-12)20-17(23)11-3-8-14(19)15(10-11)21-9-1-2-16(21)22/h3-8,10H,1-2,9H2,(H,20,23). The van der Waals surface area contributed by atoms with E-state index < -0.39 is 0 Å². The number of nitrogens with zero attached hydrogens (tertiary/aromatic N) is 1. The zero-order chi connectivity index (χ0) is 16.4. The van der Waals surface area contributed by atoms with E-state index in [1.54, 1.807) is 47.4 Å². The Kier molecular flexibility index (Phi) is 4.55. The van der Waals surface area contributed by atoms with Gasteiger partial charge in [0.05, 0.1) is 10.7 Å². The van der Waals surface area contributed by atoms with E-state index in [1.165, 1.54) is 0 Å². The maximum Gasteiger partial charge on any atom is 0.255 e. The Labute approximate surface area is 144 Å². The zero-order valence-electron chi connectivity index (χ0n) is 12.2. The molecule has 3 rings (SSSR count). The molecule has 1 N–H and O–H groups in total. The van der Waals surface area contributed by atoms with Gasteiger partial charge in [-0.25, -0.2) is 0 Å². The minimum Gasteiger partial charge on any atom is -0.322 e. The highest BCUT2D eigenvalue weighted by Gasteiger charge is 2.24. The summed E-state index contributed by atoms with van der Waals surface area (Å²) in [5.41, 5.74) is 1.67. The van der Waals surface area contributed by atoms with E-state index in [-0.39, 0.29) is 11.8 Å². The van der Waals surface area contributed by atoms with Gasteiger partial charge in [0.2, 0.25) is 5.91 Å². The number of rotatable bonds is 3. The lowest BCUT2D eigenvalue weighted by atomic mass is 10.1. The molecule has 2 aromatic carbocycles. The quantitative estimate of drug-likeness (QED) is 0.894. The lowest BCUT2D eigenvalue weighted by Crippen LogP contribution is -2.24. The Morgan fingerprint density at radius 1 is 1.09 bits per heavy atom. The number of carbonyl (C=O) groups is 2. The van der Waals surface area contributed by atoms with Gasteiger partial charge in [0.25, 0.3) is 5.91 Å². The number of amides is 2. The van der Waals surface area contributed by atoms with Crippen LogP contribution in [0.4, 0.5) is 11.4 Å². The second-order valence-electron chi connectivity index (χ2n) is 5.28. The molecule has 0 bridgehead atoms. The molecule has 1 fully saturated rings. The second-order valence-corrected chi connectivity index (χ2v) is 6.12. The van der Waals surface area contributed by atoms with E-state index in [0.29, 0.717) is 39.9 Å². The third-order valence-electron chi connectivity index (χ3n) is 3.67. The van der Waals surface area contributed by atoms with Crippen molar-refractivity contribution in [1.82, 2.24) is 0 Å². The van der Waals surface area contributed by atoms with Crippen LogP contribution in [-0.4, -0.2) is 18.4 Å². The van der Waals surface area contributed by atoms with Gasteiger partial charge in [0.15, 0.2) is 0 Å². The Hall–Kier alpha value is -2.04. The van der Waals surface area contributed by atoms with Crippen molar-refractivity contribution in [2.45, 2.75) is 12.8 Å². The van der Waals surface area contributed by atoms with Gasteiger partial charge in [-0.15, -0.1) is 0 Å². The Morgan fingerprint density at radius 3 is 2.48 bits per heavy atom. The molecule has 118 valence electrons. The van der Waals surface area contributed by atoms with Crippen molar-refractivity contribution in [2.24, 2.45) is 0 Å². The van der Waals surface area contributed by atoms with E-state index in [9.17, 15) is 9.59 Å². The van der Waals surface area contributed by atoms with Crippen LogP contribution in [-0.2, 0) is 4.79 Å². The average Bonchev–Trinajstić information content (AvgIpc) is 2.96. The van der Waals surface area contributed by atoms with E-state index in [0.717, 1.165) is 6.42 Å². The number of benzene rings is 2. The Balaban J connectivity index is 1.83. The van der Waals surface area contributed by atoms with E-state index >= 15 is 0 Å². The van der Waals surface area contributed by atoms with Crippen molar-refractivity contribution in [3.05, 3.63) is 58.1 Å². The maximum absolute atomic E-state index is 12.4. The highest BCUT2D eigenvalue weighted by molar-refractivity contribution is 6.34. The molecule has 0 spiro atoms. The summed E-state index contributed by atoms with van der Waals surface area (Å²) in [5.74, 6) is -0.237. The van der Waals surface area contributed by atoms with Gasteiger partial charge >= 0.3 is 0 Å². The number of carbonyl (C=O) groups excluding carboxylic acids is 2. The molecule has 1 aliphatic heterocycles. The van der Waals surface area contributed by atoms with Crippen LogP contribution < -0.4 is 10.2 Å². The van der Waals surface area contributed by atoms with E-state index in [4.69, 9.17) is 23.2 Å². The number of hydrogen-bond donors (Lipinski definition) is 1. The molecule has 0 radical (unpaired) electrons. The summed E-state index contributed by atoms with van der Waals surface area (Å²) < 4.78 is 0. The largest absolute Gasteiger partial charge is 0.322 e. The van der Waals surface area contributed by atoms with Crippen LogP contribution in [0.25, 0.3) is 0 Å². The molecule has 2 aromatic rings. The van der Waals surface area contributed by atoms with Gasteiger partial charge in [-0.05, 0) is 48.9 Å². The van der Waals surface area contributed by atoms with Crippen molar-refractivity contribution >= 4 is 46.4 Å². The lowest BCUT2D eigenvalue weighted by Gasteiger charge is -2.18. The van der Waals surface area contributed by atoms with Crippen LogP contribution in [0.3, 0.4) is 0 Å². The molecule has 0 unspecified atom stereocenters. The predicted octanol–water partition coefficient (Wildman–Crippen LogP) is 4.37. The summed E-state index contributed by atoms with van der Waals surface area (Å²) in [6.07, 6.45) is 1.31. The highest BCUT2D eigenvalue weighted by atomic mass is 35.5. The summed E-state index contributed by atoms with van der Waals surface area (Å²) >= 11 is 12.0. The minimum absolute atomic E-state index is 0.0298. The molecule has 4 nitrogen and oxygen atoms in total. The van der Waals surface area contributed by atoms with Gasteiger partial charge in [0, 0.05) is 29.2 Å². The van der Waals surface area contributed by atoms with Gasteiger partial charge in [-0.2, -0.15) is 0 Å². The number of halogens is 2.